The zero-order valence-electron chi connectivity index (χ0n) is 18.9. The molecule has 0 unspecified atom stereocenters. The summed E-state index contributed by atoms with van der Waals surface area (Å²) in [7, 11) is 0. The first kappa shape index (κ1) is 19.8. The summed E-state index contributed by atoms with van der Waals surface area (Å²) >= 11 is 0. The lowest BCUT2D eigenvalue weighted by molar-refractivity contribution is 0.00683. The average molecular weight is 417 g/mol. The van der Waals surface area contributed by atoms with Crippen LogP contribution in [0.5, 0.6) is 5.75 Å². The van der Waals surface area contributed by atoms with E-state index in [0.717, 1.165) is 35.2 Å². The smallest absolute Gasteiger partial charge is 0.130 e. The fourth-order valence-electron chi connectivity index (χ4n) is 7.91. The molecule has 3 aliphatic carbocycles. The zero-order valence-corrected chi connectivity index (χ0v) is 18.9. The molecule has 5 atom stereocenters. The number of fused-ring (bicyclic) bond motifs is 5. The number of aromatic nitrogens is 1. The lowest BCUT2D eigenvalue weighted by Gasteiger charge is -2.52. The number of rotatable bonds is 4. The van der Waals surface area contributed by atoms with E-state index in [9.17, 15) is 0 Å². The zero-order chi connectivity index (χ0) is 20.8. The first-order valence-electron chi connectivity index (χ1n) is 12.6. The Hall–Kier alpha value is -1.87. The lowest BCUT2D eigenvalue weighted by atomic mass is 9.55. The van der Waals surface area contributed by atoms with Gasteiger partial charge in [-0.1, -0.05) is 19.1 Å². The molecule has 0 bridgehead atoms. The Labute approximate surface area is 187 Å². The highest BCUT2D eigenvalue weighted by atomic mass is 16.5. The van der Waals surface area contributed by atoms with Gasteiger partial charge in [-0.05, 0) is 123 Å². The van der Waals surface area contributed by atoms with E-state index in [0.29, 0.717) is 12.0 Å². The molecule has 1 aromatic heterocycles. The van der Waals surface area contributed by atoms with Crippen LogP contribution in [-0.4, -0.2) is 29.0 Å². The Morgan fingerprint density at radius 2 is 1.97 bits per heavy atom. The molecule has 1 saturated heterocycles. The summed E-state index contributed by atoms with van der Waals surface area (Å²) in [6, 6.07) is 13.8. The Morgan fingerprint density at radius 3 is 2.81 bits per heavy atom. The summed E-state index contributed by atoms with van der Waals surface area (Å²) in [5, 5.41) is 0. The second kappa shape index (κ2) is 7.92. The number of aryl methyl sites for hydroxylation is 1. The predicted octanol–water partition coefficient (Wildman–Crippen LogP) is 5.98. The summed E-state index contributed by atoms with van der Waals surface area (Å²) in [6.07, 6.45) is 13.0. The minimum absolute atomic E-state index is 0.546. The summed E-state index contributed by atoms with van der Waals surface area (Å²) < 4.78 is 6.08. The molecule has 3 heteroatoms. The molecule has 0 radical (unpaired) electrons. The number of ether oxygens (including phenoxy) is 1. The Bertz CT molecular complexity index is 922. The molecule has 1 aliphatic heterocycles. The van der Waals surface area contributed by atoms with Crippen LogP contribution in [0.2, 0.25) is 0 Å². The molecule has 0 spiro atoms. The van der Waals surface area contributed by atoms with Crippen LogP contribution >= 0.6 is 0 Å². The van der Waals surface area contributed by atoms with Crippen molar-refractivity contribution in [3.63, 3.8) is 0 Å². The number of hydrogen-bond acceptors (Lipinski definition) is 3. The van der Waals surface area contributed by atoms with Gasteiger partial charge in [-0.15, -0.1) is 0 Å². The maximum atomic E-state index is 6.08. The standard InChI is InChI=1S/C28H36N2O/c1-28-14-13-24-23-10-8-22(31-19-21-6-2-3-15-29-21)18-20(23)7-9-25(24)26(28)11-12-27(28)30-16-4-5-17-30/h2-3,6,8,10,15,18,24-27H,4-5,7,9,11-14,16-17,19H2,1H3/t24-,25-,26+,27+,28+/m1/s1. The highest BCUT2D eigenvalue weighted by Crippen LogP contribution is 2.62. The third kappa shape index (κ3) is 3.40. The van der Waals surface area contributed by atoms with Crippen molar-refractivity contribution in [2.24, 2.45) is 17.3 Å². The molecule has 1 aromatic carbocycles. The molecule has 6 rings (SSSR count). The lowest BCUT2D eigenvalue weighted by Crippen LogP contribution is -2.49. The van der Waals surface area contributed by atoms with Crippen LogP contribution < -0.4 is 4.74 Å². The van der Waals surface area contributed by atoms with Gasteiger partial charge in [-0.3, -0.25) is 9.88 Å². The molecular formula is C28H36N2O. The van der Waals surface area contributed by atoms with Gasteiger partial charge in [0.15, 0.2) is 0 Å². The van der Waals surface area contributed by atoms with E-state index in [-0.39, 0.29) is 0 Å². The normalized spacial score (nSPS) is 34.7. The van der Waals surface area contributed by atoms with Gasteiger partial charge in [0, 0.05) is 12.2 Å². The Kier molecular flexibility index (Phi) is 5.06. The molecule has 0 N–H and O–H groups in total. The highest BCUT2D eigenvalue weighted by Gasteiger charge is 2.56. The first-order chi connectivity index (χ1) is 15.2. The van der Waals surface area contributed by atoms with E-state index in [4.69, 9.17) is 4.74 Å². The maximum Gasteiger partial charge on any atom is 0.130 e. The van der Waals surface area contributed by atoms with Gasteiger partial charge in [0.1, 0.15) is 12.4 Å². The average Bonchev–Trinajstić information content (AvgIpc) is 3.45. The van der Waals surface area contributed by atoms with E-state index in [1.165, 1.54) is 70.0 Å². The first-order valence-corrected chi connectivity index (χ1v) is 12.6. The monoisotopic (exact) mass is 416 g/mol. The van der Waals surface area contributed by atoms with Gasteiger partial charge in [-0.25, -0.2) is 0 Å². The summed E-state index contributed by atoms with van der Waals surface area (Å²) in [5.41, 5.74) is 4.71. The van der Waals surface area contributed by atoms with Crippen molar-refractivity contribution in [2.45, 2.75) is 76.9 Å². The molecule has 0 amide bonds. The maximum absolute atomic E-state index is 6.08. The molecular weight excluding hydrogens is 380 g/mol. The number of benzene rings is 1. The predicted molar refractivity (Wildman–Crippen MR) is 124 cm³/mol. The molecule has 3 nitrogen and oxygen atoms in total. The number of likely N-dealkylation sites (tertiary alicyclic amines) is 1. The molecule has 2 heterocycles. The molecule has 2 saturated carbocycles. The summed E-state index contributed by atoms with van der Waals surface area (Å²) in [6.45, 7) is 5.91. The van der Waals surface area contributed by atoms with Gasteiger partial charge < -0.3 is 4.74 Å². The minimum Gasteiger partial charge on any atom is -0.487 e. The second-order valence-corrected chi connectivity index (χ2v) is 10.8. The van der Waals surface area contributed by atoms with Gasteiger partial charge >= 0.3 is 0 Å². The quantitative estimate of drug-likeness (QED) is 0.613. The summed E-state index contributed by atoms with van der Waals surface area (Å²) in [5.74, 6) is 3.58. The van der Waals surface area contributed by atoms with Gasteiger partial charge in [0.05, 0.1) is 5.69 Å². The number of pyridine rings is 1. The van der Waals surface area contributed by atoms with Crippen LogP contribution in [0.3, 0.4) is 0 Å². The second-order valence-electron chi connectivity index (χ2n) is 10.8. The van der Waals surface area contributed by atoms with Crippen LogP contribution in [0.15, 0.2) is 42.6 Å². The van der Waals surface area contributed by atoms with Crippen LogP contribution in [-0.2, 0) is 13.0 Å². The van der Waals surface area contributed by atoms with Crippen molar-refractivity contribution in [2.75, 3.05) is 13.1 Å². The molecule has 164 valence electrons. The highest BCUT2D eigenvalue weighted by molar-refractivity contribution is 5.41. The Balaban J connectivity index is 1.19. The van der Waals surface area contributed by atoms with Crippen molar-refractivity contribution in [1.29, 1.82) is 0 Å². The van der Waals surface area contributed by atoms with Crippen LogP contribution in [0.1, 0.15) is 74.6 Å². The molecule has 4 aliphatic rings. The summed E-state index contributed by atoms with van der Waals surface area (Å²) in [4.78, 5) is 7.24. The van der Waals surface area contributed by atoms with Gasteiger partial charge in [0.2, 0.25) is 0 Å². The van der Waals surface area contributed by atoms with Crippen molar-refractivity contribution in [3.05, 3.63) is 59.4 Å². The van der Waals surface area contributed by atoms with Crippen molar-refractivity contribution < 1.29 is 4.74 Å². The third-order valence-corrected chi connectivity index (χ3v) is 9.34. The van der Waals surface area contributed by atoms with E-state index >= 15 is 0 Å². The third-order valence-electron chi connectivity index (χ3n) is 9.34. The SMILES string of the molecule is C[C@]12CC[C@@H]3c4ccc(OCc5ccccn5)cc4CC[C@H]3[C@@H]1CC[C@@H]2N1CCCC1. The van der Waals surface area contributed by atoms with Gasteiger partial charge in [-0.2, -0.15) is 0 Å². The van der Waals surface area contributed by atoms with Crippen molar-refractivity contribution >= 4 is 0 Å². The number of hydrogen-bond donors (Lipinski definition) is 0. The van der Waals surface area contributed by atoms with E-state index in [1.807, 2.05) is 24.4 Å². The molecule has 31 heavy (non-hydrogen) atoms. The largest absolute Gasteiger partial charge is 0.487 e. The van der Waals surface area contributed by atoms with Crippen LogP contribution in [0.4, 0.5) is 0 Å². The van der Waals surface area contributed by atoms with Crippen LogP contribution in [0, 0.1) is 17.3 Å². The van der Waals surface area contributed by atoms with Gasteiger partial charge in [0.25, 0.3) is 0 Å². The number of nitrogens with zero attached hydrogens (tertiary/aromatic N) is 2. The van der Waals surface area contributed by atoms with E-state index < -0.39 is 0 Å². The molecule has 3 fully saturated rings. The van der Waals surface area contributed by atoms with Crippen molar-refractivity contribution in [1.82, 2.24) is 9.88 Å². The topological polar surface area (TPSA) is 25.4 Å². The van der Waals surface area contributed by atoms with Crippen molar-refractivity contribution in [3.8, 4) is 5.75 Å². The fourth-order valence-corrected chi connectivity index (χ4v) is 7.91. The van der Waals surface area contributed by atoms with E-state index in [1.54, 1.807) is 5.56 Å². The van der Waals surface area contributed by atoms with E-state index in [2.05, 4.69) is 35.0 Å². The van der Waals surface area contributed by atoms with Crippen LogP contribution in [0.25, 0.3) is 0 Å². The molecule has 2 aromatic rings. The minimum atomic E-state index is 0.546. The fraction of sp³-hybridized carbons (Fsp3) is 0.607. The Morgan fingerprint density at radius 1 is 1.06 bits per heavy atom.